The Kier molecular flexibility index (Phi) is 4.71. The van der Waals surface area contributed by atoms with Gasteiger partial charge in [0.2, 0.25) is 5.88 Å². The van der Waals surface area contributed by atoms with Crippen LogP contribution in [0.5, 0.6) is 5.88 Å². The van der Waals surface area contributed by atoms with Crippen LogP contribution in [0.15, 0.2) is 6.07 Å². The summed E-state index contributed by atoms with van der Waals surface area (Å²) in [6, 6.07) is 1.97. The van der Waals surface area contributed by atoms with Crippen molar-refractivity contribution in [1.82, 2.24) is 9.88 Å². The van der Waals surface area contributed by atoms with E-state index >= 15 is 0 Å². The van der Waals surface area contributed by atoms with Crippen molar-refractivity contribution in [1.29, 1.82) is 0 Å². The van der Waals surface area contributed by atoms with Crippen LogP contribution >= 0.6 is 12.2 Å². The third-order valence-corrected chi connectivity index (χ3v) is 3.61. The number of likely N-dealkylation sites (tertiary alicyclic amines) is 1. The highest BCUT2D eigenvalue weighted by atomic mass is 32.1. The van der Waals surface area contributed by atoms with Crippen LogP contribution in [0.4, 0.5) is 0 Å². The molecule has 0 saturated carbocycles. The topological polar surface area (TPSA) is 51.4 Å². The fourth-order valence-electron chi connectivity index (χ4n) is 2.48. The number of aryl methyl sites for hydroxylation is 2. The lowest BCUT2D eigenvalue weighted by Gasteiger charge is -2.17. The maximum atomic E-state index is 5.80. The summed E-state index contributed by atoms with van der Waals surface area (Å²) in [6.45, 7) is 7.84. The van der Waals surface area contributed by atoms with Crippen LogP contribution < -0.4 is 10.5 Å². The first-order chi connectivity index (χ1) is 9.08. The van der Waals surface area contributed by atoms with Gasteiger partial charge in [-0.15, -0.1) is 0 Å². The Hall–Kier alpha value is -1.20. The van der Waals surface area contributed by atoms with Gasteiger partial charge in [-0.05, 0) is 51.4 Å². The first-order valence-electron chi connectivity index (χ1n) is 6.71. The van der Waals surface area contributed by atoms with Crippen LogP contribution in [-0.4, -0.2) is 41.1 Å². The van der Waals surface area contributed by atoms with Gasteiger partial charge in [-0.2, -0.15) is 0 Å². The summed E-state index contributed by atoms with van der Waals surface area (Å²) >= 11 is 5.09. The van der Waals surface area contributed by atoms with Crippen LogP contribution in [0, 0.1) is 13.8 Å². The van der Waals surface area contributed by atoms with Gasteiger partial charge >= 0.3 is 0 Å². The summed E-state index contributed by atoms with van der Waals surface area (Å²) in [5.41, 5.74) is 8.48. The van der Waals surface area contributed by atoms with Crippen LogP contribution in [0.25, 0.3) is 0 Å². The fourth-order valence-corrected chi connectivity index (χ4v) is 2.73. The summed E-state index contributed by atoms with van der Waals surface area (Å²) in [4.78, 5) is 7.17. The summed E-state index contributed by atoms with van der Waals surface area (Å²) in [6.07, 6.45) is 2.58. The molecule has 5 heteroatoms. The zero-order valence-electron chi connectivity index (χ0n) is 11.6. The first kappa shape index (κ1) is 14.2. The van der Waals surface area contributed by atoms with Crippen LogP contribution in [-0.2, 0) is 0 Å². The fraction of sp³-hybridized carbons (Fsp3) is 0.571. The van der Waals surface area contributed by atoms with Gasteiger partial charge in [-0.25, -0.2) is 4.98 Å². The van der Waals surface area contributed by atoms with Crippen molar-refractivity contribution in [2.75, 3.05) is 26.2 Å². The molecule has 1 aliphatic rings. The number of hydrogen-bond acceptors (Lipinski definition) is 4. The number of nitrogens with two attached hydrogens (primary N) is 1. The van der Waals surface area contributed by atoms with Crippen molar-refractivity contribution in [2.24, 2.45) is 5.73 Å². The molecule has 104 valence electrons. The normalized spacial score (nSPS) is 15.7. The smallest absolute Gasteiger partial charge is 0.224 e. The molecule has 1 aromatic rings. The van der Waals surface area contributed by atoms with E-state index in [-0.39, 0.29) is 0 Å². The average molecular weight is 279 g/mol. The molecule has 1 saturated heterocycles. The van der Waals surface area contributed by atoms with Crippen LogP contribution in [0.2, 0.25) is 0 Å². The Morgan fingerprint density at radius 1 is 1.42 bits per heavy atom. The highest BCUT2D eigenvalue weighted by molar-refractivity contribution is 7.80. The van der Waals surface area contributed by atoms with E-state index in [2.05, 4.69) is 9.88 Å². The van der Waals surface area contributed by atoms with E-state index in [1.54, 1.807) is 0 Å². The number of nitrogens with zero attached hydrogens (tertiary/aromatic N) is 2. The van der Waals surface area contributed by atoms with Crippen LogP contribution in [0.3, 0.4) is 0 Å². The maximum absolute atomic E-state index is 5.80. The Labute approximate surface area is 120 Å². The second kappa shape index (κ2) is 6.30. The molecule has 2 N–H and O–H groups in total. The predicted octanol–water partition coefficient (Wildman–Crippen LogP) is 1.81. The third kappa shape index (κ3) is 3.64. The Morgan fingerprint density at radius 2 is 2.11 bits per heavy atom. The SMILES string of the molecule is Cc1cc(C)c(C(N)=S)c(OCCN2CCCC2)n1. The summed E-state index contributed by atoms with van der Waals surface area (Å²) < 4.78 is 5.80. The Balaban J connectivity index is 2.03. The standard InChI is InChI=1S/C14H21N3OS/c1-10-9-11(2)16-14(12(10)13(15)19)18-8-7-17-5-3-4-6-17/h9H,3-8H2,1-2H3,(H2,15,19). The molecular formula is C14H21N3OS. The molecule has 1 aromatic heterocycles. The molecule has 4 nitrogen and oxygen atoms in total. The molecule has 0 unspecified atom stereocenters. The van der Waals surface area contributed by atoms with Crippen LogP contribution in [0.1, 0.15) is 29.7 Å². The van der Waals surface area contributed by atoms with Gasteiger partial charge in [0.05, 0.1) is 5.56 Å². The molecule has 0 spiro atoms. The highest BCUT2D eigenvalue weighted by Gasteiger charge is 2.15. The molecular weight excluding hydrogens is 258 g/mol. The van der Waals surface area contributed by atoms with Crippen molar-refractivity contribution in [3.63, 3.8) is 0 Å². The Morgan fingerprint density at radius 3 is 2.74 bits per heavy atom. The molecule has 0 radical (unpaired) electrons. The van der Waals surface area contributed by atoms with Gasteiger partial charge in [0.1, 0.15) is 11.6 Å². The molecule has 0 amide bonds. The minimum absolute atomic E-state index is 0.348. The first-order valence-corrected chi connectivity index (χ1v) is 7.12. The van der Waals surface area contributed by atoms with Crippen molar-refractivity contribution >= 4 is 17.2 Å². The van der Waals surface area contributed by atoms with E-state index < -0.39 is 0 Å². The summed E-state index contributed by atoms with van der Waals surface area (Å²) in [5.74, 6) is 0.573. The van der Waals surface area contributed by atoms with Gasteiger partial charge in [0, 0.05) is 12.2 Å². The zero-order valence-corrected chi connectivity index (χ0v) is 12.4. The van der Waals surface area contributed by atoms with Gasteiger partial charge in [-0.3, -0.25) is 4.90 Å². The molecule has 0 bridgehead atoms. The van der Waals surface area contributed by atoms with E-state index in [1.165, 1.54) is 25.9 Å². The summed E-state index contributed by atoms with van der Waals surface area (Å²) in [5, 5.41) is 0. The molecule has 1 fully saturated rings. The van der Waals surface area contributed by atoms with E-state index in [9.17, 15) is 0 Å². The second-order valence-electron chi connectivity index (χ2n) is 5.02. The van der Waals surface area contributed by atoms with E-state index in [0.29, 0.717) is 17.5 Å². The van der Waals surface area contributed by atoms with Gasteiger partial charge < -0.3 is 10.5 Å². The summed E-state index contributed by atoms with van der Waals surface area (Å²) in [7, 11) is 0. The number of rotatable bonds is 5. The Bertz CT molecular complexity index is 470. The molecule has 0 aromatic carbocycles. The predicted molar refractivity (Wildman–Crippen MR) is 80.8 cm³/mol. The zero-order chi connectivity index (χ0) is 13.8. The van der Waals surface area contributed by atoms with Crippen molar-refractivity contribution < 1.29 is 4.74 Å². The largest absolute Gasteiger partial charge is 0.476 e. The van der Waals surface area contributed by atoms with E-state index in [4.69, 9.17) is 22.7 Å². The van der Waals surface area contributed by atoms with Crippen molar-refractivity contribution in [2.45, 2.75) is 26.7 Å². The number of aromatic nitrogens is 1. The lowest BCUT2D eigenvalue weighted by atomic mass is 10.1. The van der Waals surface area contributed by atoms with Gasteiger partial charge in [0.15, 0.2) is 0 Å². The lowest BCUT2D eigenvalue weighted by molar-refractivity contribution is 0.231. The van der Waals surface area contributed by atoms with Crippen molar-refractivity contribution in [3.8, 4) is 5.88 Å². The molecule has 2 heterocycles. The molecule has 0 atom stereocenters. The number of hydrogen-bond donors (Lipinski definition) is 1. The highest BCUT2D eigenvalue weighted by Crippen LogP contribution is 2.21. The van der Waals surface area contributed by atoms with Crippen molar-refractivity contribution in [3.05, 3.63) is 22.9 Å². The second-order valence-corrected chi connectivity index (χ2v) is 5.46. The molecule has 0 aliphatic carbocycles. The maximum Gasteiger partial charge on any atom is 0.224 e. The monoisotopic (exact) mass is 279 g/mol. The molecule has 2 rings (SSSR count). The lowest BCUT2D eigenvalue weighted by Crippen LogP contribution is -2.26. The molecule has 19 heavy (non-hydrogen) atoms. The van der Waals surface area contributed by atoms with E-state index in [1.807, 2.05) is 19.9 Å². The van der Waals surface area contributed by atoms with Gasteiger partial charge in [-0.1, -0.05) is 12.2 Å². The minimum atomic E-state index is 0.348. The third-order valence-electron chi connectivity index (χ3n) is 3.40. The minimum Gasteiger partial charge on any atom is -0.476 e. The number of pyridine rings is 1. The average Bonchev–Trinajstić information content (AvgIpc) is 2.80. The quantitative estimate of drug-likeness (QED) is 0.833. The number of ether oxygens (including phenoxy) is 1. The van der Waals surface area contributed by atoms with Gasteiger partial charge in [0.25, 0.3) is 0 Å². The van der Waals surface area contributed by atoms with E-state index in [0.717, 1.165) is 23.4 Å². The molecule has 1 aliphatic heterocycles. The number of thiocarbonyl (C=S) groups is 1.